The van der Waals surface area contributed by atoms with Crippen LogP contribution in [0.25, 0.3) is 0 Å². The van der Waals surface area contributed by atoms with Crippen LogP contribution in [0.15, 0.2) is 35.5 Å². The molecule has 4 N–H and O–H groups in total. The molecule has 0 radical (unpaired) electrons. The molecule has 4 aliphatic rings. The number of likely N-dealkylation sites (N-methyl/N-ethyl adjacent to an activating group) is 1. The number of cyclic esters (lactones) is 1. The van der Waals surface area contributed by atoms with Gasteiger partial charge in [0.25, 0.3) is 0 Å². The van der Waals surface area contributed by atoms with E-state index in [2.05, 4.69) is 5.16 Å². The van der Waals surface area contributed by atoms with Crippen LogP contribution in [0, 0.1) is 23.7 Å². The van der Waals surface area contributed by atoms with Gasteiger partial charge < -0.3 is 77.5 Å². The van der Waals surface area contributed by atoms with Crippen molar-refractivity contribution in [2.24, 2.45) is 28.8 Å². The van der Waals surface area contributed by atoms with Crippen molar-refractivity contribution in [3.05, 3.63) is 30.3 Å². The number of nitrogens with zero attached hydrogens (tertiary/aromatic N) is 2. The number of aliphatic hydroxyl groups excluding tert-OH is 2. The summed E-state index contributed by atoms with van der Waals surface area (Å²) >= 11 is 5.64. The van der Waals surface area contributed by atoms with Gasteiger partial charge >= 0.3 is 11.2 Å². The molecule has 4 fully saturated rings. The Morgan fingerprint density at radius 3 is 2.29 bits per heavy atom. The predicted molar refractivity (Wildman–Crippen MR) is 244 cm³/mol. The Balaban J connectivity index is 1.63. The fourth-order valence-corrected chi connectivity index (χ4v) is 10.6. The molecule has 4 aliphatic heterocycles. The largest absolute Gasteiger partial charge is 0.459 e. The molecule has 18 atom stereocenters. The predicted octanol–water partition coefficient (Wildman–Crippen LogP) is 3.96. The first-order valence-corrected chi connectivity index (χ1v) is 23.5. The molecule has 1 spiro atoms. The third kappa shape index (κ3) is 11.9. The molecular weight excluding hydrogens is 881 g/mol. The molecule has 19 heteroatoms. The van der Waals surface area contributed by atoms with Crippen molar-refractivity contribution >= 4 is 29.1 Å². The van der Waals surface area contributed by atoms with Crippen molar-refractivity contribution in [3.8, 4) is 5.75 Å². The van der Waals surface area contributed by atoms with Crippen LogP contribution in [0.4, 0.5) is 0 Å². The van der Waals surface area contributed by atoms with E-state index in [1.54, 1.807) is 60.8 Å². The highest BCUT2D eigenvalue weighted by Crippen LogP contribution is 2.55. The van der Waals surface area contributed by atoms with E-state index < -0.39 is 101 Å². The summed E-state index contributed by atoms with van der Waals surface area (Å²) in [6, 6.07) is 8.68. The summed E-state index contributed by atoms with van der Waals surface area (Å²) in [5, 5.41) is 52.8. The van der Waals surface area contributed by atoms with Crippen molar-refractivity contribution in [1.82, 2.24) is 4.90 Å². The number of hydrogen-bond donors (Lipinski definition) is 4. The average Bonchev–Trinajstić information content (AvgIpc) is 3.24. The van der Waals surface area contributed by atoms with E-state index in [4.69, 9.17) is 64.4 Å². The summed E-state index contributed by atoms with van der Waals surface area (Å²) in [6.45, 7) is 15.7. The molecule has 376 valence electrons. The average molecular weight is 957 g/mol. The fourth-order valence-electron chi connectivity index (χ4n) is 10.4. The molecule has 0 bridgehead atoms. The maximum Gasteiger partial charge on any atom is 0.358 e. The fraction of sp³-hybridized carbons (Fsp3) is 0.809. The van der Waals surface area contributed by atoms with Gasteiger partial charge in [-0.3, -0.25) is 4.79 Å². The summed E-state index contributed by atoms with van der Waals surface area (Å²) in [5.41, 5.74) is -4.73. The van der Waals surface area contributed by atoms with Crippen molar-refractivity contribution < 1.29 is 77.4 Å². The monoisotopic (exact) mass is 956 g/mol. The van der Waals surface area contributed by atoms with Crippen LogP contribution in [0.1, 0.15) is 88.0 Å². The van der Waals surface area contributed by atoms with E-state index in [9.17, 15) is 25.2 Å². The highest BCUT2D eigenvalue weighted by molar-refractivity contribution is 7.79. The second kappa shape index (κ2) is 22.4. The van der Waals surface area contributed by atoms with Gasteiger partial charge in [-0.1, -0.05) is 51.0 Å². The zero-order valence-corrected chi connectivity index (χ0v) is 41.7. The summed E-state index contributed by atoms with van der Waals surface area (Å²) in [5.74, 6) is -5.58. The summed E-state index contributed by atoms with van der Waals surface area (Å²) in [6.07, 6.45) is -8.81. The maximum atomic E-state index is 15.0. The molecule has 66 heavy (non-hydrogen) atoms. The number of fused-ring (bicyclic) bond motifs is 2. The minimum Gasteiger partial charge on any atom is -0.459 e. The van der Waals surface area contributed by atoms with E-state index in [0.29, 0.717) is 24.5 Å². The van der Waals surface area contributed by atoms with Crippen LogP contribution in [-0.2, 0) is 52.3 Å². The quantitative estimate of drug-likeness (QED) is 0.0724. The van der Waals surface area contributed by atoms with E-state index in [0.717, 1.165) is 0 Å². The SMILES string of the molecule is CC[C@H]1OC(=O)[C@H]2[C@@H](OC23CC(C)(OC)C(O)C(C)O3)[C@H](C)[C@@H](OC2OC(C)CC(N(C)C)C2OC(=S)Oc2ccccc2)[C@@](C)(O)C[C@@H](C)/C(=N\OCOCCOC)[C@H](C)[C@@H](O)[C@]1(C)O. The lowest BCUT2D eigenvalue weighted by atomic mass is 9.68. The molecule has 4 heterocycles. The van der Waals surface area contributed by atoms with Gasteiger partial charge in [-0.25, -0.2) is 0 Å². The van der Waals surface area contributed by atoms with E-state index in [1.165, 1.54) is 14.0 Å². The highest BCUT2D eigenvalue weighted by atomic mass is 32.1. The van der Waals surface area contributed by atoms with Gasteiger partial charge in [0.15, 0.2) is 18.2 Å². The number of hydrogen-bond acceptors (Lipinski definition) is 19. The molecule has 1 aromatic rings. The van der Waals surface area contributed by atoms with Gasteiger partial charge in [0, 0.05) is 50.6 Å². The molecule has 18 nitrogen and oxygen atoms in total. The number of methoxy groups -OCH3 is 2. The van der Waals surface area contributed by atoms with Gasteiger partial charge in [-0.05, 0) is 80.1 Å². The molecule has 0 amide bonds. The summed E-state index contributed by atoms with van der Waals surface area (Å²) in [7, 11) is 6.84. The number of carbonyl (C=O) groups is 1. The number of carbonyl (C=O) groups excluding carboxylic acids is 1. The number of rotatable bonds is 13. The molecule has 8 unspecified atom stereocenters. The third-order valence-electron chi connectivity index (χ3n) is 14.0. The Kier molecular flexibility index (Phi) is 18.4. The maximum absolute atomic E-state index is 15.0. The standard InChI is InChI=1S/C47H76N2O16S/c1-14-33-46(9,54)38(50)28(4)35(48-58-25-57-21-20-55-12)26(2)23-44(7,53)40(29(5)36-34(41(52)61-33)47(65-36)24-45(8,56-13)39(51)30(6)64-47)63-42-37(32(49(10)11)22-27(3)59-42)62-43(66)60-31-18-16-15-17-19-31/h15-19,26-30,32-34,36-40,42,50-51,53-54H,14,20-25H2,1-13H3/b48-35+/t26-,27?,28+,29+,30?,32?,33-,34-,36+,37?,38-,39?,40-,42?,44+,45?,46-,47?/m1/s1. The van der Waals surface area contributed by atoms with E-state index in [-0.39, 0.29) is 50.0 Å². The Bertz CT molecular complexity index is 1770. The molecule has 5 rings (SSSR count). The van der Waals surface area contributed by atoms with Crippen molar-refractivity contribution in [2.45, 2.75) is 172 Å². The van der Waals surface area contributed by atoms with Gasteiger partial charge in [-0.2, -0.15) is 0 Å². The number of thiocarbonyl (C=S) groups is 1. The van der Waals surface area contributed by atoms with Gasteiger partial charge in [-0.15, -0.1) is 0 Å². The molecule has 0 aliphatic carbocycles. The van der Waals surface area contributed by atoms with Crippen LogP contribution in [0.3, 0.4) is 0 Å². The Morgan fingerprint density at radius 1 is 0.985 bits per heavy atom. The topological polar surface area (TPSA) is 215 Å². The van der Waals surface area contributed by atoms with Crippen LogP contribution in [-0.4, -0.2) is 174 Å². The number of esters is 1. The molecule has 0 saturated carbocycles. The zero-order chi connectivity index (χ0) is 48.9. The van der Waals surface area contributed by atoms with Crippen molar-refractivity contribution in [1.29, 1.82) is 0 Å². The number of aliphatic hydroxyl groups is 4. The minimum absolute atomic E-state index is 0.0416. The lowest BCUT2D eigenvalue weighted by Crippen LogP contribution is -2.75. The molecule has 1 aromatic carbocycles. The second-order valence-corrected chi connectivity index (χ2v) is 19.8. The first kappa shape index (κ1) is 54.3. The third-order valence-corrected chi connectivity index (χ3v) is 14.2. The zero-order valence-electron chi connectivity index (χ0n) is 40.9. The first-order chi connectivity index (χ1) is 31.0. The second-order valence-electron chi connectivity index (χ2n) is 19.5. The number of para-hydroxylation sites is 1. The van der Waals surface area contributed by atoms with Gasteiger partial charge in [0.2, 0.25) is 6.79 Å². The minimum atomic E-state index is -2.02. The first-order valence-electron chi connectivity index (χ1n) is 23.1. The highest BCUT2D eigenvalue weighted by Gasteiger charge is 2.70. The Labute approximate surface area is 395 Å². The number of oxime groups is 1. The van der Waals surface area contributed by atoms with Crippen LogP contribution in [0.2, 0.25) is 0 Å². The van der Waals surface area contributed by atoms with Gasteiger partial charge in [0.1, 0.15) is 29.5 Å². The van der Waals surface area contributed by atoms with Crippen LogP contribution < -0.4 is 4.74 Å². The normalized spacial score (nSPS) is 43.1. The lowest BCUT2D eigenvalue weighted by molar-refractivity contribution is -0.441. The Morgan fingerprint density at radius 2 is 1.67 bits per heavy atom. The lowest BCUT2D eigenvalue weighted by Gasteiger charge is -2.62. The van der Waals surface area contributed by atoms with E-state index in [1.807, 2.05) is 51.0 Å². The summed E-state index contributed by atoms with van der Waals surface area (Å²) in [4.78, 5) is 22.6. The number of benzene rings is 1. The van der Waals surface area contributed by atoms with Gasteiger partial charge in [0.05, 0.1) is 66.7 Å². The molecular formula is C47H76N2O16S. The smallest absolute Gasteiger partial charge is 0.358 e. The van der Waals surface area contributed by atoms with Crippen molar-refractivity contribution in [3.63, 3.8) is 0 Å². The molecule has 0 aromatic heterocycles. The Hall–Kier alpha value is -2.63. The number of ether oxygens (including phenoxy) is 10. The van der Waals surface area contributed by atoms with Crippen LogP contribution >= 0.6 is 12.2 Å². The van der Waals surface area contributed by atoms with Crippen LogP contribution in [0.5, 0.6) is 5.75 Å². The van der Waals surface area contributed by atoms with Crippen molar-refractivity contribution in [2.75, 3.05) is 48.3 Å². The summed E-state index contributed by atoms with van der Waals surface area (Å²) < 4.78 is 61.9. The molecule has 4 saturated heterocycles. The van der Waals surface area contributed by atoms with E-state index >= 15 is 0 Å².